The van der Waals surface area contributed by atoms with Gasteiger partial charge in [0.05, 0.1) is 6.61 Å². The molecule has 0 aliphatic carbocycles. The number of rotatable bonds is 35. The summed E-state index contributed by atoms with van der Waals surface area (Å²) in [6.07, 6.45) is 50.2. The van der Waals surface area contributed by atoms with E-state index in [2.05, 4.69) is 97.4 Å². The first-order valence-electron chi connectivity index (χ1n) is 19.9. The molecule has 9 heteroatoms. The Bertz CT molecular complexity index is 1110. The summed E-state index contributed by atoms with van der Waals surface area (Å²) in [6.45, 7) is 3.52. The van der Waals surface area contributed by atoms with Gasteiger partial charge in [0.1, 0.15) is 6.61 Å². The standard InChI is InChI=1S/C43H71O8P/c1-3-5-7-9-11-13-15-17-19-21-23-25-27-29-31-33-35-37-42(44)49-39-41(40-50-52(46,47)48)51-43(45)38-36-34-32-30-28-26-24-22-20-18-16-14-12-10-8-6-4-2/h8,10,14,16-17,19-20,22-23,25-26,28-29,31,41H,3-7,9,11-13,15,18,21,24,27,30,32-40H2,1-2H3,(H2,46,47,48)/b10-8+,16-14+,19-17+,22-20+,25-23+,28-26+,31-29+/t41-/m1/s1. The van der Waals surface area contributed by atoms with Gasteiger partial charge in [0.25, 0.3) is 0 Å². The molecule has 8 nitrogen and oxygen atoms in total. The van der Waals surface area contributed by atoms with E-state index in [1.54, 1.807) is 0 Å². The summed E-state index contributed by atoms with van der Waals surface area (Å²) in [6, 6.07) is 0. The highest BCUT2D eigenvalue weighted by molar-refractivity contribution is 7.46. The molecule has 0 aromatic heterocycles. The summed E-state index contributed by atoms with van der Waals surface area (Å²) in [7, 11) is -4.78. The second-order valence-corrected chi connectivity index (χ2v) is 14.1. The van der Waals surface area contributed by atoms with Crippen LogP contribution >= 0.6 is 7.82 Å². The van der Waals surface area contributed by atoms with Crippen molar-refractivity contribution in [1.82, 2.24) is 0 Å². The van der Waals surface area contributed by atoms with Gasteiger partial charge in [-0.15, -0.1) is 0 Å². The van der Waals surface area contributed by atoms with Crippen LogP contribution in [-0.4, -0.2) is 41.0 Å². The van der Waals surface area contributed by atoms with Crippen molar-refractivity contribution in [2.45, 2.75) is 161 Å². The third-order valence-electron chi connectivity index (χ3n) is 7.87. The average Bonchev–Trinajstić information content (AvgIpc) is 3.11. The Morgan fingerprint density at radius 1 is 0.500 bits per heavy atom. The number of carbonyl (C=O) groups excluding carboxylic acids is 2. The van der Waals surface area contributed by atoms with Gasteiger partial charge < -0.3 is 19.3 Å². The van der Waals surface area contributed by atoms with Crippen molar-refractivity contribution < 1.29 is 37.9 Å². The minimum absolute atomic E-state index is 0.159. The topological polar surface area (TPSA) is 119 Å². The number of esters is 2. The van der Waals surface area contributed by atoms with E-state index in [0.717, 1.165) is 70.6 Å². The number of ether oxygens (including phenoxy) is 2. The second-order valence-electron chi connectivity index (χ2n) is 12.9. The van der Waals surface area contributed by atoms with Crippen LogP contribution in [0.4, 0.5) is 0 Å². The Hall–Kier alpha value is -2.77. The third-order valence-corrected chi connectivity index (χ3v) is 8.35. The van der Waals surface area contributed by atoms with Gasteiger partial charge in [-0.2, -0.15) is 0 Å². The number of hydrogen-bond donors (Lipinski definition) is 2. The molecule has 0 amide bonds. The monoisotopic (exact) mass is 746 g/mol. The quantitative estimate of drug-likeness (QED) is 0.0285. The lowest BCUT2D eigenvalue weighted by Gasteiger charge is -2.18. The Morgan fingerprint density at radius 3 is 1.42 bits per heavy atom. The SMILES string of the molecule is CCC/C=C/C/C=C/C/C=C/C/C=C/CCCCCC(=O)O[C@H](COC(=O)CCC/C=C/C/C=C/C/C=C/CCCCCCCC)COP(=O)(O)O. The van der Waals surface area contributed by atoms with Gasteiger partial charge in [-0.1, -0.05) is 144 Å². The number of unbranched alkanes of at least 4 members (excludes halogenated alkanes) is 11. The predicted octanol–water partition coefficient (Wildman–Crippen LogP) is 12.1. The normalized spacial score (nSPS) is 13.4. The zero-order chi connectivity index (χ0) is 38.2. The molecule has 0 unspecified atom stereocenters. The van der Waals surface area contributed by atoms with Gasteiger partial charge >= 0.3 is 19.8 Å². The molecule has 0 rings (SSSR count). The molecule has 0 saturated carbocycles. The van der Waals surface area contributed by atoms with Crippen LogP contribution in [0.3, 0.4) is 0 Å². The van der Waals surface area contributed by atoms with Crippen LogP contribution in [0.25, 0.3) is 0 Å². The zero-order valence-corrected chi connectivity index (χ0v) is 33.3. The molecule has 1 atom stereocenters. The van der Waals surface area contributed by atoms with Crippen LogP contribution in [0.5, 0.6) is 0 Å². The summed E-state index contributed by atoms with van der Waals surface area (Å²) < 4.78 is 26.3. The minimum Gasteiger partial charge on any atom is -0.462 e. The highest BCUT2D eigenvalue weighted by atomic mass is 31.2. The van der Waals surface area contributed by atoms with Crippen LogP contribution in [0.15, 0.2) is 85.1 Å². The molecule has 0 saturated heterocycles. The number of carbonyl (C=O) groups is 2. The lowest BCUT2D eigenvalue weighted by atomic mass is 10.1. The molecule has 0 aliphatic heterocycles. The molecule has 52 heavy (non-hydrogen) atoms. The summed E-state index contributed by atoms with van der Waals surface area (Å²) in [5, 5.41) is 0. The Morgan fingerprint density at radius 2 is 0.923 bits per heavy atom. The fourth-order valence-corrected chi connectivity index (χ4v) is 5.27. The van der Waals surface area contributed by atoms with Crippen molar-refractivity contribution in [3.05, 3.63) is 85.1 Å². The molecule has 296 valence electrons. The van der Waals surface area contributed by atoms with E-state index >= 15 is 0 Å². The fourth-order valence-electron chi connectivity index (χ4n) is 4.91. The Labute approximate surface area is 316 Å². The second kappa shape index (κ2) is 38.0. The van der Waals surface area contributed by atoms with E-state index in [0.29, 0.717) is 12.8 Å². The molecular weight excluding hydrogens is 675 g/mol. The van der Waals surface area contributed by atoms with E-state index < -0.39 is 32.5 Å². The summed E-state index contributed by atoms with van der Waals surface area (Å²) in [4.78, 5) is 42.7. The first-order valence-corrected chi connectivity index (χ1v) is 21.4. The van der Waals surface area contributed by atoms with Gasteiger partial charge in [0.2, 0.25) is 0 Å². The number of allylic oxidation sites excluding steroid dienone is 14. The van der Waals surface area contributed by atoms with Gasteiger partial charge in [0.15, 0.2) is 6.10 Å². The lowest BCUT2D eigenvalue weighted by molar-refractivity contribution is -0.161. The van der Waals surface area contributed by atoms with Crippen molar-refractivity contribution in [3.8, 4) is 0 Å². The maximum atomic E-state index is 12.4. The van der Waals surface area contributed by atoms with Crippen LogP contribution in [-0.2, 0) is 28.2 Å². The van der Waals surface area contributed by atoms with E-state index in [1.807, 2.05) is 6.08 Å². The zero-order valence-electron chi connectivity index (χ0n) is 32.4. The first kappa shape index (κ1) is 49.2. The molecule has 0 aromatic rings. The van der Waals surface area contributed by atoms with Crippen molar-refractivity contribution in [3.63, 3.8) is 0 Å². The minimum atomic E-state index is -4.78. The van der Waals surface area contributed by atoms with Crippen molar-refractivity contribution in [1.29, 1.82) is 0 Å². The lowest BCUT2D eigenvalue weighted by Crippen LogP contribution is -2.29. The van der Waals surface area contributed by atoms with Crippen molar-refractivity contribution >= 4 is 19.8 Å². The molecule has 0 bridgehead atoms. The smallest absolute Gasteiger partial charge is 0.462 e. The average molecular weight is 747 g/mol. The summed E-state index contributed by atoms with van der Waals surface area (Å²) >= 11 is 0. The van der Waals surface area contributed by atoms with Crippen LogP contribution < -0.4 is 0 Å². The van der Waals surface area contributed by atoms with Crippen molar-refractivity contribution in [2.24, 2.45) is 0 Å². The molecule has 0 fully saturated rings. The Balaban J connectivity index is 4.12. The fraction of sp³-hybridized carbons (Fsp3) is 0.628. The third kappa shape index (κ3) is 40.0. The highest BCUT2D eigenvalue weighted by Gasteiger charge is 2.22. The van der Waals surface area contributed by atoms with Gasteiger partial charge in [-0.3, -0.25) is 14.1 Å². The van der Waals surface area contributed by atoms with Crippen LogP contribution in [0, 0.1) is 0 Å². The van der Waals surface area contributed by atoms with E-state index in [9.17, 15) is 14.2 Å². The van der Waals surface area contributed by atoms with Gasteiger partial charge in [0, 0.05) is 12.8 Å². The van der Waals surface area contributed by atoms with Crippen LogP contribution in [0.1, 0.15) is 155 Å². The Kier molecular flexibility index (Phi) is 35.9. The number of phosphoric acid groups is 1. The van der Waals surface area contributed by atoms with E-state index in [1.165, 1.54) is 44.9 Å². The van der Waals surface area contributed by atoms with Crippen molar-refractivity contribution in [2.75, 3.05) is 13.2 Å². The molecule has 2 N–H and O–H groups in total. The van der Waals surface area contributed by atoms with Crippen LogP contribution in [0.2, 0.25) is 0 Å². The first-order chi connectivity index (χ1) is 25.3. The molecule has 0 spiro atoms. The predicted molar refractivity (Wildman–Crippen MR) is 216 cm³/mol. The molecule has 0 heterocycles. The van der Waals surface area contributed by atoms with E-state index in [4.69, 9.17) is 19.3 Å². The molecule has 0 aliphatic rings. The number of phosphoric ester groups is 1. The largest absolute Gasteiger partial charge is 0.469 e. The van der Waals surface area contributed by atoms with E-state index in [-0.39, 0.29) is 19.4 Å². The van der Waals surface area contributed by atoms with Gasteiger partial charge in [-0.05, 0) is 83.5 Å². The molecular formula is C43H71O8P. The van der Waals surface area contributed by atoms with Gasteiger partial charge in [-0.25, -0.2) is 4.57 Å². The highest BCUT2D eigenvalue weighted by Crippen LogP contribution is 2.36. The maximum Gasteiger partial charge on any atom is 0.469 e. The maximum absolute atomic E-state index is 12.4. The summed E-state index contributed by atoms with van der Waals surface area (Å²) in [5.74, 6) is -0.991. The number of hydrogen-bond acceptors (Lipinski definition) is 6. The summed E-state index contributed by atoms with van der Waals surface area (Å²) in [5.41, 5.74) is 0. The molecule has 0 radical (unpaired) electrons. The molecule has 0 aromatic carbocycles.